The van der Waals surface area contributed by atoms with E-state index in [-0.39, 0.29) is 21.6 Å². The Hall–Kier alpha value is -2.69. The lowest BCUT2D eigenvalue weighted by molar-refractivity contribution is -0.125. The fraction of sp³-hybridized carbons (Fsp3) is 0.167. The van der Waals surface area contributed by atoms with E-state index in [4.69, 9.17) is 40.2 Å². The normalized spacial score (nSPS) is 12.1. The van der Waals surface area contributed by atoms with Gasteiger partial charge in [-0.15, -0.1) is 0 Å². The number of nitrogens with zero attached hydrogens (tertiary/aromatic N) is 1. The second-order valence-electron chi connectivity index (χ2n) is 7.55. The van der Waals surface area contributed by atoms with Crippen molar-refractivity contribution in [2.24, 2.45) is 0 Å². The molecule has 0 saturated carbocycles. The first-order chi connectivity index (χ1) is 16.6. The van der Waals surface area contributed by atoms with E-state index in [1.54, 1.807) is 31.2 Å². The average Bonchev–Trinajstić information content (AvgIpc) is 2.81. The fourth-order valence-corrected chi connectivity index (χ4v) is 4.84. The highest BCUT2D eigenvalue weighted by molar-refractivity contribution is 7.89. The Labute approximate surface area is 220 Å². The first-order valence-electron chi connectivity index (χ1n) is 10.4. The van der Waals surface area contributed by atoms with Crippen molar-refractivity contribution < 1.29 is 17.9 Å². The van der Waals surface area contributed by atoms with Crippen molar-refractivity contribution in [2.75, 3.05) is 12.4 Å². The van der Waals surface area contributed by atoms with Crippen LogP contribution in [-0.2, 0) is 21.4 Å². The number of carbonyl (C=O) groups excluding carboxylic acids is 1. The number of hydrogen-bond acceptors (Lipinski definition) is 5. The van der Waals surface area contributed by atoms with Gasteiger partial charge in [0.15, 0.2) is 11.2 Å². The monoisotopic (exact) mass is 551 g/mol. The zero-order valence-corrected chi connectivity index (χ0v) is 22.0. The topological polar surface area (TPSA) is 87.7 Å². The Morgan fingerprint density at radius 3 is 2.34 bits per heavy atom. The summed E-state index contributed by atoms with van der Waals surface area (Å²) in [6.45, 7) is 1.80. The first kappa shape index (κ1) is 26.9. The molecular formula is C24H23Cl2N3O4S2. The van der Waals surface area contributed by atoms with Crippen molar-refractivity contribution in [1.29, 1.82) is 0 Å². The minimum atomic E-state index is -3.68. The number of benzene rings is 3. The molecule has 35 heavy (non-hydrogen) atoms. The summed E-state index contributed by atoms with van der Waals surface area (Å²) in [5.41, 5.74) is 1.39. The van der Waals surface area contributed by atoms with Gasteiger partial charge in [0.1, 0.15) is 5.75 Å². The summed E-state index contributed by atoms with van der Waals surface area (Å²) in [5, 5.41) is 6.14. The van der Waals surface area contributed by atoms with Crippen LogP contribution >= 0.6 is 35.4 Å². The number of anilines is 1. The van der Waals surface area contributed by atoms with Gasteiger partial charge >= 0.3 is 0 Å². The van der Waals surface area contributed by atoms with E-state index < -0.39 is 22.0 Å². The maximum absolute atomic E-state index is 12.9. The summed E-state index contributed by atoms with van der Waals surface area (Å²) in [6.07, 6.45) is -0.888. The molecule has 3 aromatic rings. The lowest BCUT2D eigenvalue weighted by atomic mass is 10.2. The van der Waals surface area contributed by atoms with E-state index in [1.807, 2.05) is 30.3 Å². The molecule has 0 radical (unpaired) electrons. The average molecular weight is 553 g/mol. The molecule has 7 nitrogen and oxygen atoms in total. The number of carbonyl (C=O) groups is 1. The number of hydrogen-bond donors (Lipinski definition) is 2. The van der Waals surface area contributed by atoms with E-state index in [0.717, 1.165) is 5.56 Å². The van der Waals surface area contributed by atoms with E-state index in [2.05, 4.69) is 10.6 Å². The van der Waals surface area contributed by atoms with Crippen LogP contribution in [0.15, 0.2) is 77.7 Å². The Kier molecular flexibility index (Phi) is 9.09. The molecule has 0 heterocycles. The van der Waals surface area contributed by atoms with Crippen LogP contribution in [0, 0.1) is 0 Å². The molecule has 0 aliphatic heterocycles. The maximum Gasteiger partial charge on any atom is 0.266 e. The van der Waals surface area contributed by atoms with Gasteiger partial charge in [-0.25, -0.2) is 8.42 Å². The summed E-state index contributed by atoms with van der Waals surface area (Å²) < 4.78 is 32.6. The predicted octanol–water partition coefficient (Wildman–Crippen LogP) is 5.09. The smallest absolute Gasteiger partial charge is 0.266 e. The highest BCUT2D eigenvalue weighted by atomic mass is 35.5. The van der Waals surface area contributed by atoms with E-state index in [1.165, 1.54) is 29.6 Å². The van der Waals surface area contributed by atoms with Crippen molar-refractivity contribution in [3.63, 3.8) is 0 Å². The third-order valence-corrected chi connectivity index (χ3v) is 7.42. The van der Waals surface area contributed by atoms with Gasteiger partial charge < -0.3 is 10.1 Å². The van der Waals surface area contributed by atoms with Gasteiger partial charge in [0, 0.05) is 24.3 Å². The van der Waals surface area contributed by atoms with E-state index in [9.17, 15) is 13.2 Å². The quantitative estimate of drug-likeness (QED) is 0.379. The summed E-state index contributed by atoms with van der Waals surface area (Å²) >= 11 is 17.1. The van der Waals surface area contributed by atoms with Crippen LogP contribution < -0.4 is 15.4 Å². The number of halogens is 2. The summed E-state index contributed by atoms with van der Waals surface area (Å²) in [7, 11) is -2.15. The molecule has 0 bridgehead atoms. The maximum atomic E-state index is 12.9. The standard InChI is InChI=1S/C24H23Cl2N3O4S2/c1-16(33-22-13-8-18(25)14-21(22)26)23(30)28-24(34)27-19-9-11-20(12-10-19)35(31,32)29(2)15-17-6-4-3-5-7-17/h3-14,16H,15H2,1-2H3,(H2,27,28,30,34). The van der Waals surface area contributed by atoms with Crippen molar-refractivity contribution in [2.45, 2.75) is 24.5 Å². The number of rotatable bonds is 8. The lowest BCUT2D eigenvalue weighted by Gasteiger charge is -2.18. The second kappa shape index (κ2) is 11.8. The predicted molar refractivity (Wildman–Crippen MR) is 142 cm³/mol. The Morgan fingerprint density at radius 1 is 1.06 bits per heavy atom. The number of sulfonamides is 1. The molecule has 1 amide bonds. The Bertz CT molecular complexity index is 1300. The zero-order valence-electron chi connectivity index (χ0n) is 18.9. The third kappa shape index (κ3) is 7.39. The molecule has 0 spiro atoms. The third-order valence-electron chi connectivity index (χ3n) is 4.87. The van der Waals surface area contributed by atoms with Crippen molar-refractivity contribution >= 4 is 62.2 Å². The van der Waals surface area contributed by atoms with Gasteiger partial charge in [0.05, 0.1) is 9.92 Å². The van der Waals surface area contributed by atoms with Crippen LogP contribution in [0.25, 0.3) is 0 Å². The molecule has 3 rings (SSSR count). The van der Waals surface area contributed by atoms with Gasteiger partial charge in [-0.05, 0) is 67.2 Å². The van der Waals surface area contributed by atoms with Crippen LogP contribution in [0.4, 0.5) is 5.69 Å². The van der Waals surface area contributed by atoms with Crippen LogP contribution in [0.2, 0.25) is 10.0 Å². The molecule has 0 saturated heterocycles. The molecule has 11 heteroatoms. The summed E-state index contributed by atoms with van der Waals surface area (Å²) in [4.78, 5) is 12.6. The van der Waals surface area contributed by atoms with Crippen molar-refractivity contribution in [3.05, 3.63) is 88.4 Å². The van der Waals surface area contributed by atoms with Crippen LogP contribution in [0.3, 0.4) is 0 Å². The summed E-state index contributed by atoms with van der Waals surface area (Å²) in [6, 6.07) is 20.1. The molecule has 0 aliphatic rings. The zero-order chi connectivity index (χ0) is 25.6. The minimum absolute atomic E-state index is 0.0319. The van der Waals surface area contributed by atoms with Gasteiger partial charge in [-0.1, -0.05) is 53.5 Å². The molecule has 0 aromatic heterocycles. The molecule has 0 fully saturated rings. The van der Waals surface area contributed by atoms with Gasteiger partial charge in [0.25, 0.3) is 5.91 Å². The van der Waals surface area contributed by atoms with Crippen LogP contribution in [0.1, 0.15) is 12.5 Å². The van der Waals surface area contributed by atoms with Gasteiger partial charge in [0.2, 0.25) is 10.0 Å². The highest BCUT2D eigenvalue weighted by Gasteiger charge is 2.21. The van der Waals surface area contributed by atoms with Crippen LogP contribution in [-0.4, -0.2) is 36.9 Å². The SMILES string of the molecule is CC(Oc1ccc(Cl)cc1Cl)C(=O)NC(=S)Nc1ccc(S(=O)(=O)N(C)Cc2ccccc2)cc1. The van der Waals surface area contributed by atoms with Gasteiger partial charge in [-0.3, -0.25) is 10.1 Å². The molecule has 184 valence electrons. The number of thiocarbonyl (C=S) groups is 1. The minimum Gasteiger partial charge on any atom is -0.479 e. The highest BCUT2D eigenvalue weighted by Crippen LogP contribution is 2.28. The van der Waals surface area contributed by atoms with Crippen LogP contribution in [0.5, 0.6) is 5.75 Å². The molecule has 2 N–H and O–H groups in total. The number of nitrogens with one attached hydrogen (secondary N) is 2. The summed E-state index contributed by atoms with van der Waals surface area (Å²) in [5.74, 6) is -0.179. The molecule has 1 unspecified atom stereocenters. The lowest BCUT2D eigenvalue weighted by Crippen LogP contribution is -2.42. The number of ether oxygens (including phenoxy) is 1. The largest absolute Gasteiger partial charge is 0.479 e. The first-order valence-corrected chi connectivity index (χ1v) is 13.0. The van der Waals surface area contributed by atoms with Crippen molar-refractivity contribution in [3.8, 4) is 5.75 Å². The van der Waals surface area contributed by atoms with Crippen molar-refractivity contribution in [1.82, 2.24) is 9.62 Å². The number of amides is 1. The molecule has 1 atom stereocenters. The van der Waals surface area contributed by atoms with E-state index in [0.29, 0.717) is 16.5 Å². The Balaban J connectivity index is 1.56. The van der Waals surface area contributed by atoms with E-state index >= 15 is 0 Å². The molecule has 0 aliphatic carbocycles. The second-order valence-corrected chi connectivity index (χ2v) is 10.8. The van der Waals surface area contributed by atoms with Gasteiger partial charge in [-0.2, -0.15) is 4.31 Å². The fourth-order valence-electron chi connectivity index (χ4n) is 3.01. The Morgan fingerprint density at radius 2 is 1.71 bits per heavy atom. The molecular weight excluding hydrogens is 529 g/mol. The molecule has 3 aromatic carbocycles.